The molecule has 3 aromatic rings. The molecule has 174 valence electrons. The average Bonchev–Trinajstić information content (AvgIpc) is 2.73. The second-order valence-corrected chi connectivity index (χ2v) is 11.7. The molecule has 0 bridgehead atoms. The van der Waals surface area contributed by atoms with Crippen molar-refractivity contribution in [3.8, 4) is 0 Å². The number of carbonyl (C=O) groups is 1. The quantitative estimate of drug-likeness (QED) is 0.399. The van der Waals surface area contributed by atoms with Crippen molar-refractivity contribution in [1.29, 1.82) is 0 Å². The van der Waals surface area contributed by atoms with Crippen LogP contribution in [0.2, 0.25) is 0 Å². The normalized spacial score (nSPS) is 11.9. The number of aromatic nitrogens is 2. The van der Waals surface area contributed by atoms with Gasteiger partial charge in [0.15, 0.2) is 10.1 Å². The number of nitrogens with one attached hydrogen (secondary N) is 2. The molecule has 0 atom stereocenters. The molecular formula is C24H27N3O4S2. The number of H-pyrrole nitrogens is 1. The van der Waals surface area contributed by atoms with E-state index in [1.165, 1.54) is 12.1 Å². The minimum atomic E-state index is -4.02. The minimum Gasteiger partial charge on any atom is -0.325 e. The fraction of sp³-hybridized carbons (Fsp3) is 0.292. The first kappa shape index (κ1) is 24.7. The topological polar surface area (TPSA) is 109 Å². The van der Waals surface area contributed by atoms with Crippen LogP contribution in [0, 0.1) is 13.8 Å². The third kappa shape index (κ3) is 5.91. The van der Waals surface area contributed by atoms with Crippen LogP contribution in [0.1, 0.15) is 37.5 Å². The van der Waals surface area contributed by atoms with Crippen LogP contribution in [0.15, 0.2) is 68.4 Å². The number of benzene rings is 2. The zero-order valence-electron chi connectivity index (χ0n) is 19.2. The Morgan fingerprint density at radius 3 is 2.33 bits per heavy atom. The Hall–Kier alpha value is -2.91. The fourth-order valence-corrected chi connectivity index (χ4v) is 5.03. The van der Waals surface area contributed by atoms with Crippen molar-refractivity contribution in [2.75, 3.05) is 11.1 Å². The largest absolute Gasteiger partial charge is 0.325 e. The zero-order valence-corrected chi connectivity index (χ0v) is 20.9. The van der Waals surface area contributed by atoms with Gasteiger partial charge in [0.1, 0.15) is 0 Å². The molecule has 0 unspecified atom stereocenters. The van der Waals surface area contributed by atoms with Crippen LogP contribution in [0.4, 0.5) is 5.69 Å². The smallest absolute Gasteiger partial charge is 0.270 e. The highest BCUT2D eigenvalue weighted by Gasteiger charge is 2.23. The highest BCUT2D eigenvalue weighted by Crippen LogP contribution is 2.25. The highest BCUT2D eigenvalue weighted by molar-refractivity contribution is 7.99. The van der Waals surface area contributed by atoms with Crippen LogP contribution >= 0.6 is 11.8 Å². The predicted octanol–water partition coefficient (Wildman–Crippen LogP) is 4.25. The first-order valence-corrected chi connectivity index (χ1v) is 12.8. The van der Waals surface area contributed by atoms with E-state index < -0.39 is 20.3 Å². The molecule has 0 aliphatic carbocycles. The van der Waals surface area contributed by atoms with E-state index in [2.05, 4.69) is 15.3 Å². The van der Waals surface area contributed by atoms with Crippen molar-refractivity contribution in [1.82, 2.24) is 9.97 Å². The van der Waals surface area contributed by atoms with Crippen LogP contribution in [0.3, 0.4) is 0 Å². The maximum absolute atomic E-state index is 12.9. The number of amides is 1. The molecule has 0 aliphatic rings. The van der Waals surface area contributed by atoms with Gasteiger partial charge in [0.05, 0.1) is 16.8 Å². The summed E-state index contributed by atoms with van der Waals surface area (Å²) in [5.41, 5.74) is 2.85. The first-order chi connectivity index (χ1) is 15.4. The van der Waals surface area contributed by atoms with E-state index in [0.717, 1.165) is 34.6 Å². The Bertz CT molecular complexity index is 1340. The maximum atomic E-state index is 12.9. The number of carbonyl (C=O) groups excluding carboxylic acids is 1. The molecule has 3 rings (SSSR count). The molecule has 0 aliphatic heterocycles. The van der Waals surface area contributed by atoms with E-state index in [1.54, 1.807) is 12.1 Å². The molecule has 1 aromatic heterocycles. The fourth-order valence-electron chi connectivity index (χ4n) is 3.17. The molecule has 33 heavy (non-hydrogen) atoms. The number of rotatable bonds is 6. The van der Waals surface area contributed by atoms with E-state index >= 15 is 0 Å². The SMILES string of the molecule is Cc1ccc(NC(=O)CSc2ncc(S(=O)(=O)c3ccc(C(C)(C)C)cc3)c(=O)[nH]2)c(C)c1. The van der Waals surface area contributed by atoms with Crippen molar-refractivity contribution >= 4 is 33.2 Å². The van der Waals surface area contributed by atoms with E-state index in [-0.39, 0.29) is 27.1 Å². The summed E-state index contributed by atoms with van der Waals surface area (Å²) >= 11 is 1.02. The van der Waals surface area contributed by atoms with Crippen LogP contribution < -0.4 is 10.9 Å². The van der Waals surface area contributed by atoms with Crippen LogP contribution in [-0.4, -0.2) is 30.0 Å². The Labute approximate surface area is 198 Å². The third-order valence-electron chi connectivity index (χ3n) is 5.06. The molecule has 9 heteroatoms. The van der Waals surface area contributed by atoms with Gasteiger partial charge < -0.3 is 10.3 Å². The van der Waals surface area contributed by atoms with Gasteiger partial charge in [-0.05, 0) is 48.6 Å². The summed E-state index contributed by atoms with van der Waals surface area (Å²) < 4.78 is 25.8. The molecule has 0 spiro atoms. The first-order valence-electron chi connectivity index (χ1n) is 10.3. The predicted molar refractivity (Wildman–Crippen MR) is 131 cm³/mol. The van der Waals surface area contributed by atoms with E-state index in [9.17, 15) is 18.0 Å². The lowest BCUT2D eigenvalue weighted by Crippen LogP contribution is -2.20. The zero-order chi connectivity index (χ0) is 24.4. The van der Waals surface area contributed by atoms with Crippen LogP contribution in [-0.2, 0) is 20.0 Å². The second kappa shape index (κ2) is 9.52. The van der Waals surface area contributed by atoms with Crippen molar-refractivity contribution in [3.05, 3.63) is 75.7 Å². The lowest BCUT2D eigenvalue weighted by Gasteiger charge is -2.19. The van der Waals surface area contributed by atoms with Crippen molar-refractivity contribution in [2.24, 2.45) is 0 Å². The van der Waals surface area contributed by atoms with Gasteiger partial charge >= 0.3 is 0 Å². The lowest BCUT2D eigenvalue weighted by atomic mass is 9.87. The van der Waals surface area contributed by atoms with Crippen molar-refractivity contribution in [3.63, 3.8) is 0 Å². The van der Waals surface area contributed by atoms with Gasteiger partial charge in [-0.3, -0.25) is 9.59 Å². The summed E-state index contributed by atoms with van der Waals surface area (Å²) in [5, 5.41) is 2.98. The second-order valence-electron chi connectivity index (χ2n) is 8.81. The van der Waals surface area contributed by atoms with E-state index in [1.807, 2.05) is 52.8 Å². The Morgan fingerprint density at radius 1 is 1.09 bits per heavy atom. The van der Waals surface area contributed by atoms with Gasteiger partial charge in [0.2, 0.25) is 15.7 Å². The molecule has 1 heterocycles. The summed E-state index contributed by atoms with van der Waals surface area (Å²) in [6.07, 6.45) is 1.04. The number of sulfone groups is 1. The molecular weight excluding hydrogens is 458 g/mol. The highest BCUT2D eigenvalue weighted by atomic mass is 32.2. The Kier molecular flexibility index (Phi) is 7.14. The van der Waals surface area contributed by atoms with Gasteiger partial charge in [-0.25, -0.2) is 13.4 Å². The summed E-state index contributed by atoms with van der Waals surface area (Å²) in [6.45, 7) is 9.98. The Balaban J connectivity index is 1.71. The molecule has 0 radical (unpaired) electrons. The number of aryl methyl sites for hydroxylation is 2. The molecule has 1 amide bonds. The standard InChI is InChI=1S/C24H27N3O4S2/c1-15-6-11-19(16(2)12-15)26-21(28)14-32-23-25-13-20(22(29)27-23)33(30,31)18-9-7-17(8-10-18)24(3,4)5/h6-13H,14H2,1-5H3,(H,26,28)(H,25,27,29). The van der Waals surface area contributed by atoms with Gasteiger partial charge in [0, 0.05) is 5.69 Å². The number of nitrogens with zero attached hydrogens (tertiary/aromatic N) is 1. The summed E-state index contributed by atoms with van der Waals surface area (Å²) in [4.78, 5) is 30.9. The molecule has 0 fully saturated rings. The molecule has 0 saturated heterocycles. The van der Waals surface area contributed by atoms with Gasteiger partial charge in [-0.2, -0.15) is 0 Å². The van der Waals surface area contributed by atoms with Crippen LogP contribution in [0.25, 0.3) is 0 Å². The monoisotopic (exact) mass is 485 g/mol. The molecule has 2 aromatic carbocycles. The summed E-state index contributed by atoms with van der Waals surface area (Å²) in [6, 6.07) is 12.2. The van der Waals surface area contributed by atoms with E-state index in [0.29, 0.717) is 5.69 Å². The average molecular weight is 486 g/mol. The lowest BCUT2D eigenvalue weighted by molar-refractivity contribution is -0.113. The number of thioether (sulfide) groups is 1. The third-order valence-corrected chi connectivity index (χ3v) is 7.71. The summed E-state index contributed by atoms with van der Waals surface area (Å²) in [7, 11) is -4.02. The van der Waals surface area contributed by atoms with Crippen LogP contribution in [0.5, 0.6) is 0 Å². The maximum Gasteiger partial charge on any atom is 0.270 e. The van der Waals surface area contributed by atoms with Gasteiger partial charge in [-0.15, -0.1) is 0 Å². The van der Waals surface area contributed by atoms with Crippen molar-refractivity contribution < 1.29 is 13.2 Å². The number of anilines is 1. The minimum absolute atomic E-state index is 0.0105. The van der Waals surface area contributed by atoms with Gasteiger partial charge in [0.25, 0.3) is 5.56 Å². The Morgan fingerprint density at radius 2 is 1.76 bits per heavy atom. The van der Waals surface area contributed by atoms with Crippen molar-refractivity contribution in [2.45, 2.75) is 55.0 Å². The number of hydrogen-bond acceptors (Lipinski definition) is 6. The number of hydrogen-bond donors (Lipinski definition) is 2. The molecule has 7 nitrogen and oxygen atoms in total. The van der Waals surface area contributed by atoms with Gasteiger partial charge in [-0.1, -0.05) is 62.4 Å². The number of aromatic amines is 1. The summed E-state index contributed by atoms with van der Waals surface area (Å²) in [5.74, 6) is -0.249. The molecule has 2 N–H and O–H groups in total. The van der Waals surface area contributed by atoms with E-state index in [4.69, 9.17) is 0 Å². The molecule has 0 saturated carbocycles.